The molecule has 6 nitrogen and oxygen atoms in total. The molecular weight excluding hydrogens is 256 g/mol. The van der Waals surface area contributed by atoms with Crippen molar-refractivity contribution >= 4 is 11.7 Å². The topological polar surface area (TPSA) is 83.0 Å². The van der Waals surface area contributed by atoms with Gasteiger partial charge in [0.2, 0.25) is 0 Å². The molecule has 0 unspecified atom stereocenters. The second-order valence-corrected chi connectivity index (χ2v) is 4.51. The van der Waals surface area contributed by atoms with Crippen molar-refractivity contribution in [3.05, 3.63) is 41.0 Å². The summed E-state index contributed by atoms with van der Waals surface area (Å²) in [5.41, 5.74) is 8.90. The van der Waals surface area contributed by atoms with Gasteiger partial charge in [-0.05, 0) is 32.4 Å². The number of pyridine rings is 1. The highest BCUT2D eigenvalue weighted by atomic mass is 16.5. The van der Waals surface area contributed by atoms with E-state index in [4.69, 9.17) is 10.5 Å². The molecule has 2 heterocycles. The number of ether oxygens (including phenoxy) is 1. The molecule has 0 aliphatic carbocycles. The lowest BCUT2D eigenvalue weighted by Gasteiger charge is -2.08. The monoisotopic (exact) mass is 274 g/mol. The average molecular weight is 274 g/mol. The van der Waals surface area contributed by atoms with Crippen LogP contribution in [0.5, 0.6) is 0 Å². The lowest BCUT2D eigenvalue weighted by Crippen LogP contribution is -2.14. The lowest BCUT2D eigenvalue weighted by molar-refractivity contribution is 0.0454. The second-order valence-electron chi connectivity index (χ2n) is 4.51. The van der Waals surface area contributed by atoms with Crippen LogP contribution in [0.2, 0.25) is 0 Å². The normalized spacial score (nSPS) is 10.6. The number of nitrogen functional groups attached to an aromatic ring is 1. The first-order chi connectivity index (χ1) is 9.54. The van der Waals surface area contributed by atoms with Gasteiger partial charge in [0.1, 0.15) is 6.61 Å². The number of hydrogen-bond donors (Lipinski definition) is 1. The largest absolute Gasteiger partial charge is 0.454 e. The van der Waals surface area contributed by atoms with Gasteiger partial charge in [-0.25, -0.2) is 4.79 Å². The molecule has 0 aromatic carbocycles. The Morgan fingerprint density at radius 1 is 1.45 bits per heavy atom. The van der Waals surface area contributed by atoms with E-state index in [2.05, 4.69) is 10.1 Å². The van der Waals surface area contributed by atoms with Gasteiger partial charge < -0.3 is 10.5 Å². The predicted molar refractivity (Wildman–Crippen MR) is 75.1 cm³/mol. The molecule has 0 amide bonds. The van der Waals surface area contributed by atoms with Crippen molar-refractivity contribution < 1.29 is 9.53 Å². The zero-order valence-electron chi connectivity index (χ0n) is 11.9. The van der Waals surface area contributed by atoms with E-state index in [0.29, 0.717) is 23.6 Å². The SMILES string of the molecule is CCn1nc(C)c(N)c1C(=O)OCc1ncccc1C. The smallest absolute Gasteiger partial charge is 0.359 e. The molecule has 2 N–H and O–H groups in total. The second kappa shape index (κ2) is 5.73. The minimum absolute atomic E-state index is 0.124. The number of carbonyl (C=O) groups is 1. The summed E-state index contributed by atoms with van der Waals surface area (Å²) >= 11 is 0. The molecule has 20 heavy (non-hydrogen) atoms. The quantitative estimate of drug-likeness (QED) is 0.860. The van der Waals surface area contributed by atoms with Crippen molar-refractivity contribution in [2.75, 3.05) is 5.73 Å². The van der Waals surface area contributed by atoms with Gasteiger partial charge in [0.25, 0.3) is 0 Å². The van der Waals surface area contributed by atoms with Gasteiger partial charge in [-0.3, -0.25) is 9.67 Å². The number of rotatable bonds is 4. The summed E-state index contributed by atoms with van der Waals surface area (Å²) in [6, 6.07) is 3.76. The Bertz CT molecular complexity index is 634. The Morgan fingerprint density at radius 3 is 2.85 bits per heavy atom. The van der Waals surface area contributed by atoms with Gasteiger partial charge in [0.05, 0.1) is 17.1 Å². The van der Waals surface area contributed by atoms with Gasteiger partial charge in [0, 0.05) is 12.7 Å². The summed E-state index contributed by atoms with van der Waals surface area (Å²) < 4.78 is 6.84. The molecule has 0 atom stereocenters. The molecule has 6 heteroatoms. The fraction of sp³-hybridized carbons (Fsp3) is 0.357. The van der Waals surface area contributed by atoms with Gasteiger partial charge >= 0.3 is 5.97 Å². The van der Waals surface area contributed by atoms with Crippen LogP contribution in [0.1, 0.15) is 34.4 Å². The van der Waals surface area contributed by atoms with Crippen LogP contribution in [0.25, 0.3) is 0 Å². The van der Waals surface area contributed by atoms with E-state index in [1.807, 2.05) is 26.0 Å². The van der Waals surface area contributed by atoms with Crippen LogP contribution in [-0.4, -0.2) is 20.7 Å². The van der Waals surface area contributed by atoms with E-state index < -0.39 is 5.97 Å². The number of nitrogens with zero attached hydrogens (tertiary/aromatic N) is 3. The molecule has 0 spiro atoms. The number of carbonyl (C=O) groups excluding carboxylic acids is 1. The highest BCUT2D eigenvalue weighted by molar-refractivity contribution is 5.93. The van der Waals surface area contributed by atoms with Crippen LogP contribution in [-0.2, 0) is 17.9 Å². The summed E-state index contributed by atoms with van der Waals surface area (Å²) in [4.78, 5) is 16.3. The standard InChI is InChI=1S/C14H18N4O2/c1-4-18-13(12(15)10(3)17-18)14(19)20-8-11-9(2)6-5-7-16-11/h5-7H,4,8,15H2,1-3H3. The van der Waals surface area contributed by atoms with Crippen LogP contribution in [0.3, 0.4) is 0 Å². The van der Waals surface area contributed by atoms with Crippen molar-refractivity contribution in [3.63, 3.8) is 0 Å². The third-order valence-corrected chi connectivity index (χ3v) is 3.12. The van der Waals surface area contributed by atoms with Crippen LogP contribution in [0.4, 0.5) is 5.69 Å². The Morgan fingerprint density at radius 2 is 2.20 bits per heavy atom. The molecule has 0 saturated heterocycles. The van der Waals surface area contributed by atoms with E-state index in [1.54, 1.807) is 17.8 Å². The van der Waals surface area contributed by atoms with Gasteiger partial charge in [0.15, 0.2) is 5.69 Å². The first-order valence-corrected chi connectivity index (χ1v) is 6.45. The molecule has 0 fully saturated rings. The van der Waals surface area contributed by atoms with Crippen LogP contribution in [0, 0.1) is 13.8 Å². The average Bonchev–Trinajstić information content (AvgIpc) is 2.73. The van der Waals surface area contributed by atoms with E-state index >= 15 is 0 Å². The highest BCUT2D eigenvalue weighted by Gasteiger charge is 2.20. The van der Waals surface area contributed by atoms with Crippen molar-refractivity contribution in [3.8, 4) is 0 Å². The van der Waals surface area contributed by atoms with Crippen molar-refractivity contribution in [2.24, 2.45) is 0 Å². The molecule has 0 bridgehead atoms. The molecule has 0 saturated carbocycles. The van der Waals surface area contributed by atoms with Gasteiger partial charge in [-0.1, -0.05) is 6.07 Å². The first-order valence-electron chi connectivity index (χ1n) is 6.45. The Balaban J connectivity index is 2.15. The maximum Gasteiger partial charge on any atom is 0.359 e. The summed E-state index contributed by atoms with van der Waals surface area (Å²) in [6.07, 6.45) is 1.67. The summed E-state index contributed by atoms with van der Waals surface area (Å²) in [6.45, 7) is 6.27. The van der Waals surface area contributed by atoms with E-state index in [1.165, 1.54) is 0 Å². The maximum absolute atomic E-state index is 12.2. The van der Waals surface area contributed by atoms with Crippen LogP contribution in [0.15, 0.2) is 18.3 Å². The van der Waals surface area contributed by atoms with Crippen LogP contribution >= 0.6 is 0 Å². The van der Waals surface area contributed by atoms with E-state index in [0.717, 1.165) is 11.3 Å². The van der Waals surface area contributed by atoms with Crippen LogP contribution < -0.4 is 5.73 Å². The van der Waals surface area contributed by atoms with Gasteiger partial charge in [-0.15, -0.1) is 0 Å². The molecule has 0 radical (unpaired) electrons. The number of esters is 1. The molecule has 2 rings (SSSR count). The third kappa shape index (κ3) is 2.64. The summed E-state index contributed by atoms with van der Waals surface area (Å²) in [5.74, 6) is -0.477. The molecule has 0 aliphatic rings. The highest BCUT2D eigenvalue weighted by Crippen LogP contribution is 2.18. The number of aromatic nitrogens is 3. The molecule has 2 aromatic rings. The number of aryl methyl sites for hydroxylation is 3. The Labute approximate surface area is 117 Å². The molecule has 2 aromatic heterocycles. The molecule has 106 valence electrons. The summed E-state index contributed by atoms with van der Waals surface area (Å²) in [7, 11) is 0. The lowest BCUT2D eigenvalue weighted by atomic mass is 10.2. The zero-order chi connectivity index (χ0) is 14.7. The Kier molecular flexibility index (Phi) is 4.02. The summed E-state index contributed by atoms with van der Waals surface area (Å²) in [5, 5.41) is 4.20. The Hall–Kier alpha value is -2.37. The van der Waals surface area contributed by atoms with Crippen molar-refractivity contribution in [1.29, 1.82) is 0 Å². The maximum atomic E-state index is 12.2. The molecular formula is C14H18N4O2. The fourth-order valence-corrected chi connectivity index (χ4v) is 1.91. The van der Waals surface area contributed by atoms with Gasteiger partial charge in [-0.2, -0.15) is 5.10 Å². The zero-order valence-corrected chi connectivity index (χ0v) is 11.9. The number of anilines is 1. The number of nitrogens with two attached hydrogens (primary N) is 1. The van der Waals surface area contributed by atoms with Crippen molar-refractivity contribution in [1.82, 2.24) is 14.8 Å². The first kappa shape index (κ1) is 14.0. The predicted octanol–water partition coefficient (Wildman–Crippen LogP) is 1.85. The minimum Gasteiger partial charge on any atom is -0.454 e. The van der Waals surface area contributed by atoms with E-state index in [9.17, 15) is 4.79 Å². The third-order valence-electron chi connectivity index (χ3n) is 3.12. The van der Waals surface area contributed by atoms with E-state index in [-0.39, 0.29) is 6.61 Å². The fourth-order valence-electron chi connectivity index (χ4n) is 1.91. The minimum atomic E-state index is -0.477. The number of hydrogen-bond acceptors (Lipinski definition) is 5. The van der Waals surface area contributed by atoms with Crippen molar-refractivity contribution in [2.45, 2.75) is 33.9 Å². The molecule has 0 aliphatic heterocycles.